The van der Waals surface area contributed by atoms with Crippen molar-refractivity contribution < 1.29 is 50.8 Å². The number of nitrogens with zero attached hydrogens (tertiary/aromatic N) is 11. The van der Waals surface area contributed by atoms with Gasteiger partial charge in [-0.2, -0.15) is 26.3 Å². The highest BCUT2D eigenvalue weighted by molar-refractivity contribution is 6.36. The maximum atomic E-state index is 13.5. The van der Waals surface area contributed by atoms with Crippen molar-refractivity contribution in [1.29, 1.82) is 0 Å². The molecule has 4 unspecified atom stereocenters. The number of alkyl halides is 6. The summed E-state index contributed by atoms with van der Waals surface area (Å²) in [7, 11) is 6.30. The van der Waals surface area contributed by atoms with Gasteiger partial charge in [-0.05, 0) is 125 Å². The molecule has 0 saturated carbocycles. The molecule has 3 saturated heterocycles. The van der Waals surface area contributed by atoms with Crippen LogP contribution in [0.2, 0.25) is 10.0 Å². The average molecular weight is 1130 g/mol. The second kappa shape index (κ2) is 21.7. The number of benzene rings is 2. The maximum Gasteiger partial charge on any atom is 0.391 e. The Labute approximate surface area is 455 Å². The number of pyridine rings is 3. The number of piperidine rings is 2. The van der Waals surface area contributed by atoms with Crippen molar-refractivity contribution in [2.45, 2.75) is 94.6 Å². The molecular formula is C54H59Cl2F6N11O5. The van der Waals surface area contributed by atoms with Gasteiger partial charge in [-0.25, -0.2) is 19.3 Å². The van der Waals surface area contributed by atoms with Crippen molar-refractivity contribution in [3.8, 4) is 11.8 Å². The molecule has 0 amide bonds. The number of ether oxygens (including phenoxy) is 3. The summed E-state index contributed by atoms with van der Waals surface area (Å²) in [5.41, 5.74) is 1.65. The van der Waals surface area contributed by atoms with Gasteiger partial charge in [-0.1, -0.05) is 45.8 Å². The Hall–Kier alpha value is -5.75. The van der Waals surface area contributed by atoms with E-state index in [1.807, 2.05) is 16.7 Å². The number of rotatable bonds is 14. The summed E-state index contributed by atoms with van der Waals surface area (Å²) >= 11 is 14.4. The van der Waals surface area contributed by atoms with E-state index in [2.05, 4.69) is 20.6 Å². The number of hydrogen-bond donors (Lipinski definition) is 2. The third-order valence-corrected chi connectivity index (χ3v) is 16.9. The van der Waals surface area contributed by atoms with Gasteiger partial charge < -0.3 is 24.4 Å². The molecule has 10 rings (SSSR count). The lowest BCUT2D eigenvalue weighted by Crippen LogP contribution is -2.44. The normalized spacial score (nSPS) is 20.3. The molecule has 3 aliphatic rings. The zero-order chi connectivity index (χ0) is 55.5. The quantitative estimate of drug-likeness (QED) is 0.0987. The van der Waals surface area contributed by atoms with Crippen molar-refractivity contribution in [3.63, 3.8) is 0 Å². The molecule has 0 spiro atoms. The number of hydrogen-bond acceptors (Lipinski definition) is 14. The van der Waals surface area contributed by atoms with Gasteiger partial charge in [0.1, 0.15) is 5.60 Å². The van der Waals surface area contributed by atoms with Gasteiger partial charge in [-0.3, -0.25) is 14.8 Å². The summed E-state index contributed by atoms with van der Waals surface area (Å²) in [6, 6.07) is 14.1. The van der Waals surface area contributed by atoms with Crippen LogP contribution in [0.4, 0.5) is 26.3 Å². The van der Waals surface area contributed by atoms with Crippen LogP contribution in [0.1, 0.15) is 89.1 Å². The first-order chi connectivity index (χ1) is 37.1. The van der Waals surface area contributed by atoms with Crippen LogP contribution in [0.5, 0.6) is 11.8 Å². The number of fused-ring (bicyclic) bond motifs is 2. The molecule has 0 aliphatic carbocycles. The topological polar surface area (TPSA) is 175 Å². The number of aromatic nitrogens is 9. The highest BCUT2D eigenvalue weighted by atomic mass is 35.5. The first kappa shape index (κ1) is 55.6. The average Bonchev–Trinajstić information content (AvgIpc) is 4.18. The van der Waals surface area contributed by atoms with Crippen molar-refractivity contribution in [2.75, 3.05) is 47.0 Å². The number of methoxy groups -OCH3 is 2. The molecule has 78 heavy (non-hydrogen) atoms. The van der Waals surface area contributed by atoms with Crippen molar-refractivity contribution >= 4 is 45.0 Å². The van der Waals surface area contributed by atoms with Gasteiger partial charge in [0.05, 0.1) is 77.0 Å². The van der Waals surface area contributed by atoms with Crippen LogP contribution in [-0.2, 0) is 49.5 Å². The molecular weight excluding hydrogens is 1070 g/mol. The van der Waals surface area contributed by atoms with E-state index in [0.717, 1.165) is 0 Å². The van der Waals surface area contributed by atoms with Crippen LogP contribution in [-0.4, -0.2) is 130 Å². The second-order valence-electron chi connectivity index (χ2n) is 20.8. The zero-order valence-electron chi connectivity index (χ0n) is 43.5. The number of aryl methyl sites for hydroxylation is 3. The Morgan fingerprint density at radius 3 is 1.63 bits per heavy atom. The number of likely N-dealkylation sites (tertiary alicyclic amines) is 2. The highest BCUT2D eigenvalue weighted by Gasteiger charge is 2.47. The fourth-order valence-electron chi connectivity index (χ4n) is 11.8. The van der Waals surface area contributed by atoms with Crippen LogP contribution in [0, 0.1) is 24.7 Å². The molecule has 4 atom stereocenters. The summed E-state index contributed by atoms with van der Waals surface area (Å²) in [4.78, 5) is 18.2. The summed E-state index contributed by atoms with van der Waals surface area (Å²) in [5.74, 6) is -2.70. The summed E-state index contributed by atoms with van der Waals surface area (Å²) in [6.07, 6.45) is -5.05. The second-order valence-corrected chi connectivity index (χ2v) is 21.6. The number of halogens is 8. The van der Waals surface area contributed by atoms with Gasteiger partial charge in [0.25, 0.3) is 0 Å². The molecule has 7 aromatic rings. The van der Waals surface area contributed by atoms with E-state index in [1.165, 1.54) is 36.0 Å². The molecule has 24 heteroatoms. The third-order valence-electron chi connectivity index (χ3n) is 16.1. The molecule has 2 aromatic carbocycles. The Kier molecular flexibility index (Phi) is 15.5. The van der Waals surface area contributed by atoms with Crippen molar-refractivity contribution in [2.24, 2.45) is 31.8 Å². The van der Waals surface area contributed by atoms with E-state index in [9.17, 15) is 36.6 Å². The molecule has 0 bridgehead atoms. The maximum absolute atomic E-state index is 13.5. The van der Waals surface area contributed by atoms with E-state index < -0.39 is 47.4 Å². The standard InChI is InChI=1S/C54H59Cl2F6N11O5/c1-30-20-36(52(75,46-27-64-69-71(46)3)34-7-9-44-40(24-34)48(56)42(50(67-44)77-5)29-73-17-12-32(13-18-73)54(60,61)62)21-37(65-30)25-38-22-35(14-19-78-38)51(74,45-26-63-68-70(45)2)33-6-8-43-39(23-33)47(55)41(49(66-43)76-4)28-72-15-10-31(11-16-72)53(57,58)59/h6-9,20-21,23-24,26-27,31-32,35,38,74-75H,10-19,22,25,28-29H2,1-5H3. The van der Waals surface area contributed by atoms with Crippen LogP contribution >= 0.6 is 23.2 Å². The van der Waals surface area contributed by atoms with Crippen LogP contribution in [0.25, 0.3) is 21.8 Å². The lowest BCUT2D eigenvalue weighted by atomic mass is 9.73. The molecule has 8 heterocycles. The van der Waals surface area contributed by atoms with E-state index in [0.29, 0.717) is 90.3 Å². The third kappa shape index (κ3) is 10.6. The smallest absolute Gasteiger partial charge is 0.391 e. The molecule has 2 N–H and O–H groups in total. The minimum Gasteiger partial charge on any atom is -0.481 e. The van der Waals surface area contributed by atoms with E-state index >= 15 is 0 Å². The lowest BCUT2D eigenvalue weighted by molar-refractivity contribution is -0.186. The summed E-state index contributed by atoms with van der Waals surface area (Å²) in [5, 5.41) is 45.0. The van der Waals surface area contributed by atoms with Crippen molar-refractivity contribution in [3.05, 3.63) is 122 Å². The molecule has 5 aromatic heterocycles. The lowest BCUT2D eigenvalue weighted by Gasteiger charge is -2.41. The Bertz CT molecular complexity index is 3330. The SMILES string of the molecule is COc1nc2ccc(C(O)(c3cc(C)nc(CC4CC(C(O)(c5ccc6nc(OC)c(CN7CCC(C(F)(F)F)CC7)c(Cl)c6c5)c5cnnn5C)CCO4)c3)c3cnnn3C)cc2c(Cl)c1CN1CCC(C(F)(F)F)CC1. The van der Waals surface area contributed by atoms with Crippen LogP contribution < -0.4 is 9.47 Å². The van der Waals surface area contributed by atoms with E-state index in [4.69, 9.17) is 52.4 Å². The summed E-state index contributed by atoms with van der Waals surface area (Å²) in [6.45, 7) is 3.39. The molecule has 416 valence electrons. The largest absolute Gasteiger partial charge is 0.481 e. The number of aliphatic hydroxyl groups is 2. The Morgan fingerprint density at radius 1 is 0.641 bits per heavy atom. The minimum atomic E-state index is -4.26. The van der Waals surface area contributed by atoms with Gasteiger partial charge in [-0.15, -0.1) is 10.2 Å². The first-order valence-corrected chi connectivity index (χ1v) is 26.5. The van der Waals surface area contributed by atoms with Gasteiger partial charge in [0.15, 0.2) is 5.60 Å². The van der Waals surface area contributed by atoms with Gasteiger partial charge >= 0.3 is 12.4 Å². The van der Waals surface area contributed by atoms with Gasteiger partial charge in [0, 0.05) is 79.4 Å². The monoisotopic (exact) mass is 1130 g/mol. The fourth-order valence-corrected chi connectivity index (χ4v) is 12.4. The fraction of sp³-hybridized carbons (Fsp3) is 0.500. The predicted molar refractivity (Wildman–Crippen MR) is 277 cm³/mol. The molecule has 3 aliphatic heterocycles. The minimum absolute atomic E-state index is 0.0267. The van der Waals surface area contributed by atoms with Crippen molar-refractivity contribution in [1.82, 2.24) is 54.7 Å². The zero-order valence-corrected chi connectivity index (χ0v) is 45.1. The van der Waals surface area contributed by atoms with Crippen LogP contribution in [0.15, 0.2) is 60.9 Å². The molecule has 0 radical (unpaired) electrons. The summed E-state index contributed by atoms with van der Waals surface area (Å²) < 4.78 is 102. The van der Waals surface area contributed by atoms with Gasteiger partial charge in [0.2, 0.25) is 11.8 Å². The van der Waals surface area contributed by atoms with E-state index in [1.54, 1.807) is 62.6 Å². The predicted octanol–water partition coefficient (Wildman–Crippen LogP) is 9.17. The molecule has 3 fully saturated rings. The highest BCUT2D eigenvalue weighted by Crippen LogP contribution is 2.47. The Balaban J connectivity index is 0.957. The molecule has 16 nitrogen and oxygen atoms in total. The Morgan fingerprint density at radius 2 is 1.14 bits per heavy atom. The first-order valence-electron chi connectivity index (χ1n) is 25.8. The van der Waals surface area contributed by atoms with Crippen LogP contribution in [0.3, 0.4) is 0 Å². The van der Waals surface area contributed by atoms with E-state index in [-0.39, 0.29) is 94.8 Å².